The van der Waals surface area contributed by atoms with Gasteiger partial charge < -0.3 is 9.42 Å². The Hall–Kier alpha value is -2.17. The van der Waals surface area contributed by atoms with Crippen LogP contribution in [-0.2, 0) is 0 Å². The number of nitrogens with zero attached hydrogens (tertiary/aromatic N) is 3. The third kappa shape index (κ3) is 1.80. The summed E-state index contributed by atoms with van der Waals surface area (Å²) < 4.78 is 4.94. The van der Waals surface area contributed by atoms with E-state index in [-0.39, 0.29) is 5.91 Å². The lowest BCUT2D eigenvalue weighted by Gasteiger charge is -2.30. The van der Waals surface area contributed by atoms with Crippen LogP contribution in [0.3, 0.4) is 0 Å². The Morgan fingerprint density at radius 1 is 1.24 bits per heavy atom. The Labute approximate surface area is 98.0 Å². The van der Waals surface area contributed by atoms with E-state index in [1.54, 1.807) is 12.1 Å². The van der Waals surface area contributed by atoms with Crippen LogP contribution in [0, 0.1) is 0 Å². The van der Waals surface area contributed by atoms with Crippen LogP contribution in [0.1, 0.15) is 16.8 Å². The van der Waals surface area contributed by atoms with Gasteiger partial charge in [-0.15, -0.1) is 0 Å². The SMILES string of the molecule is O=C(c1ccc(-c2ncno2)cc1)N1CCC1. The van der Waals surface area contributed by atoms with Crippen molar-refractivity contribution in [3.8, 4) is 11.5 Å². The fourth-order valence-electron chi connectivity index (χ4n) is 1.76. The van der Waals surface area contributed by atoms with E-state index in [1.807, 2.05) is 17.0 Å². The van der Waals surface area contributed by atoms with Crippen molar-refractivity contribution in [2.24, 2.45) is 0 Å². The average Bonchev–Trinajstić information content (AvgIpc) is 2.80. The molecule has 0 radical (unpaired) electrons. The summed E-state index contributed by atoms with van der Waals surface area (Å²) in [6, 6.07) is 7.22. The lowest BCUT2D eigenvalue weighted by molar-refractivity contribution is 0.0652. The molecule has 0 spiro atoms. The molecule has 1 fully saturated rings. The zero-order valence-corrected chi connectivity index (χ0v) is 9.17. The van der Waals surface area contributed by atoms with E-state index in [2.05, 4.69) is 10.1 Å². The number of benzene rings is 1. The van der Waals surface area contributed by atoms with E-state index in [0.29, 0.717) is 11.5 Å². The summed E-state index contributed by atoms with van der Waals surface area (Å²) in [5.41, 5.74) is 1.52. The van der Waals surface area contributed by atoms with Crippen molar-refractivity contribution in [3.63, 3.8) is 0 Å². The summed E-state index contributed by atoms with van der Waals surface area (Å²) >= 11 is 0. The van der Waals surface area contributed by atoms with Gasteiger partial charge in [-0.2, -0.15) is 4.98 Å². The highest BCUT2D eigenvalue weighted by Crippen LogP contribution is 2.18. The molecular weight excluding hydrogens is 218 g/mol. The molecule has 1 aromatic heterocycles. The molecule has 0 atom stereocenters. The first-order valence-corrected chi connectivity index (χ1v) is 5.51. The van der Waals surface area contributed by atoms with E-state index in [0.717, 1.165) is 25.1 Å². The maximum Gasteiger partial charge on any atom is 0.257 e. The third-order valence-corrected chi connectivity index (χ3v) is 2.88. The number of hydrogen-bond donors (Lipinski definition) is 0. The van der Waals surface area contributed by atoms with E-state index in [1.165, 1.54) is 6.33 Å². The second kappa shape index (κ2) is 4.01. The van der Waals surface area contributed by atoms with Crippen molar-refractivity contribution < 1.29 is 9.32 Å². The maximum absolute atomic E-state index is 11.9. The molecule has 1 saturated heterocycles. The first kappa shape index (κ1) is 10.0. The van der Waals surface area contributed by atoms with Crippen LogP contribution in [-0.4, -0.2) is 34.0 Å². The number of carbonyl (C=O) groups excluding carboxylic acids is 1. The Bertz CT molecular complexity index is 515. The van der Waals surface area contributed by atoms with Gasteiger partial charge in [0.2, 0.25) is 0 Å². The quantitative estimate of drug-likeness (QED) is 0.784. The van der Waals surface area contributed by atoms with Crippen LogP contribution in [0.4, 0.5) is 0 Å². The number of carbonyl (C=O) groups is 1. The summed E-state index contributed by atoms with van der Waals surface area (Å²) in [5.74, 6) is 0.557. The highest BCUT2D eigenvalue weighted by Gasteiger charge is 2.21. The summed E-state index contributed by atoms with van der Waals surface area (Å²) in [6.45, 7) is 1.73. The van der Waals surface area contributed by atoms with Gasteiger partial charge in [0, 0.05) is 24.2 Å². The summed E-state index contributed by atoms with van der Waals surface area (Å²) in [6.07, 6.45) is 2.46. The van der Waals surface area contributed by atoms with Crippen molar-refractivity contribution in [2.45, 2.75) is 6.42 Å². The molecule has 2 heterocycles. The number of likely N-dealkylation sites (tertiary alicyclic amines) is 1. The molecule has 86 valence electrons. The van der Waals surface area contributed by atoms with Gasteiger partial charge in [-0.25, -0.2) is 0 Å². The Balaban J connectivity index is 1.82. The van der Waals surface area contributed by atoms with Crippen LogP contribution >= 0.6 is 0 Å². The minimum atomic E-state index is 0.0910. The molecule has 5 heteroatoms. The topological polar surface area (TPSA) is 59.2 Å². The molecule has 1 aliphatic heterocycles. The van der Waals surface area contributed by atoms with E-state index >= 15 is 0 Å². The van der Waals surface area contributed by atoms with E-state index in [9.17, 15) is 4.79 Å². The first-order valence-electron chi connectivity index (χ1n) is 5.51. The molecule has 0 N–H and O–H groups in total. The molecule has 5 nitrogen and oxygen atoms in total. The molecule has 2 aromatic rings. The van der Waals surface area contributed by atoms with Crippen LogP contribution in [0.25, 0.3) is 11.5 Å². The van der Waals surface area contributed by atoms with Gasteiger partial charge in [-0.05, 0) is 30.7 Å². The third-order valence-electron chi connectivity index (χ3n) is 2.88. The molecule has 1 amide bonds. The predicted octanol–water partition coefficient (Wildman–Crippen LogP) is 1.58. The molecule has 3 rings (SSSR count). The highest BCUT2D eigenvalue weighted by atomic mass is 16.5. The summed E-state index contributed by atoms with van der Waals surface area (Å²) in [5, 5.41) is 3.55. The molecule has 1 aliphatic rings. The fourth-order valence-corrected chi connectivity index (χ4v) is 1.76. The van der Waals surface area contributed by atoms with Crippen molar-refractivity contribution in [1.82, 2.24) is 15.0 Å². The van der Waals surface area contributed by atoms with Gasteiger partial charge in [-0.3, -0.25) is 4.79 Å². The Kier molecular flexibility index (Phi) is 2.36. The molecule has 1 aromatic carbocycles. The largest absolute Gasteiger partial charge is 0.339 e. The number of rotatable bonds is 2. The fraction of sp³-hybridized carbons (Fsp3) is 0.250. The molecule has 0 aliphatic carbocycles. The highest BCUT2D eigenvalue weighted by molar-refractivity contribution is 5.95. The van der Waals surface area contributed by atoms with Gasteiger partial charge in [0.1, 0.15) is 0 Å². The lowest BCUT2D eigenvalue weighted by atomic mass is 10.1. The number of amides is 1. The minimum absolute atomic E-state index is 0.0910. The van der Waals surface area contributed by atoms with Crippen molar-refractivity contribution >= 4 is 5.91 Å². The van der Waals surface area contributed by atoms with Crippen LogP contribution in [0.2, 0.25) is 0 Å². The zero-order chi connectivity index (χ0) is 11.7. The van der Waals surface area contributed by atoms with Crippen molar-refractivity contribution in [2.75, 3.05) is 13.1 Å². The monoisotopic (exact) mass is 229 g/mol. The number of aromatic nitrogens is 2. The predicted molar refractivity (Wildman–Crippen MR) is 60.3 cm³/mol. The summed E-state index contributed by atoms with van der Waals surface area (Å²) in [7, 11) is 0. The second-order valence-corrected chi connectivity index (χ2v) is 3.97. The minimum Gasteiger partial charge on any atom is -0.339 e. The van der Waals surface area contributed by atoms with E-state index in [4.69, 9.17) is 4.52 Å². The molecule has 0 unspecified atom stereocenters. The van der Waals surface area contributed by atoms with Gasteiger partial charge in [-0.1, -0.05) is 5.16 Å². The Morgan fingerprint density at radius 2 is 2.00 bits per heavy atom. The molecule has 0 bridgehead atoms. The molecule has 17 heavy (non-hydrogen) atoms. The summed E-state index contributed by atoms with van der Waals surface area (Å²) in [4.78, 5) is 17.7. The standard InChI is InChI=1S/C12H11N3O2/c16-12(15-6-1-7-15)10-4-2-9(3-5-10)11-13-8-14-17-11/h2-5,8H,1,6-7H2. The van der Waals surface area contributed by atoms with Crippen molar-refractivity contribution in [3.05, 3.63) is 36.2 Å². The molecular formula is C12H11N3O2. The lowest BCUT2D eigenvalue weighted by Crippen LogP contribution is -2.41. The van der Waals surface area contributed by atoms with Crippen LogP contribution in [0.15, 0.2) is 35.1 Å². The molecule has 0 saturated carbocycles. The van der Waals surface area contributed by atoms with Gasteiger partial charge in [0.25, 0.3) is 11.8 Å². The first-order chi connectivity index (χ1) is 8.34. The normalized spacial score (nSPS) is 14.5. The zero-order valence-electron chi connectivity index (χ0n) is 9.17. The maximum atomic E-state index is 11.9. The van der Waals surface area contributed by atoms with Gasteiger partial charge in [0.05, 0.1) is 0 Å². The van der Waals surface area contributed by atoms with Crippen LogP contribution in [0.5, 0.6) is 0 Å². The van der Waals surface area contributed by atoms with E-state index < -0.39 is 0 Å². The average molecular weight is 229 g/mol. The Morgan fingerprint density at radius 3 is 2.53 bits per heavy atom. The van der Waals surface area contributed by atoms with Crippen molar-refractivity contribution in [1.29, 1.82) is 0 Å². The smallest absolute Gasteiger partial charge is 0.257 e. The van der Waals surface area contributed by atoms with Gasteiger partial charge >= 0.3 is 0 Å². The number of hydrogen-bond acceptors (Lipinski definition) is 4. The second-order valence-electron chi connectivity index (χ2n) is 3.97. The van der Waals surface area contributed by atoms with Gasteiger partial charge in [0.15, 0.2) is 6.33 Å². The van der Waals surface area contributed by atoms with Crippen LogP contribution < -0.4 is 0 Å².